The summed E-state index contributed by atoms with van der Waals surface area (Å²) in [6.07, 6.45) is 3.66. The number of benzene rings is 1. The predicted octanol–water partition coefficient (Wildman–Crippen LogP) is 0.621. The summed E-state index contributed by atoms with van der Waals surface area (Å²) >= 11 is 0. The number of hydrogen-bond acceptors (Lipinski definition) is 5. The summed E-state index contributed by atoms with van der Waals surface area (Å²) in [5.41, 5.74) is 18.2. The lowest BCUT2D eigenvalue weighted by Crippen LogP contribution is -2.28. The minimum atomic E-state index is -0.438. The summed E-state index contributed by atoms with van der Waals surface area (Å²) in [4.78, 5) is 21.2. The Kier molecular flexibility index (Phi) is 10.5. The maximum absolute atomic E-state index is 10.7. The molecule has 0 aromatic heterocycles. The first-order chi connectivity index (χ1) is 12.0. The van der Waals surface area contributed by atoms with E-state index in [2.05, 4.69) is 12.1 Å². The Balaban J connectivity index is 2.14. The first-order valence-electron chi connectivity index (χ1n) is 8.53. The van der Waals surface area contributed by atoms with Gasteiger partial charge in [0.25, 0.3) is 0 Å². The van der Waals surface area contributed by atoms with Gasteiger partial charge < -0.3 is 26.7 Å². The van der Waals surface area contributed by atoms with Crippen LogP contribution in [0, 0.1) is 0 Å². The van der Waals surface area contributed by atoms with Gasteiger partial charge in [-0.3, -0.25) is 9.59 Å². The molecule has 1 aromatic carbocycles. The number of nitrogens with two attached hydrogens (primary N) is 3. The number of amides is 2. The van der Waals surface area contributed by atoms with Crippen molar-refractivity contribution in [1.82, 2.24) is 0 Å². The zero-order chi connectivity index (χ0) is 18.5. The van der Waals surface area contributed by atoms with Crippen molar-refractivity contribution >= 4 is 11.8 Å². The van der Waals surface area contributed by atoms with Gasteiger partial charge in [-0.15, -0.1) is 0 Å². The molecule has 0 saturated heterocycles. The van der Waals surface area contributed by atoms with Crippen molar-refractivity contribution in [2.24, 2.45) is 17.2 Å². The summed E-state index contributed by atoms with van der Waals surface area (Å²) in [7, 11) is 0. The Morgan fingerprint density at radius 2 is 1.64 bits per heavy atom. The van der Waals surface area contributed by atoms with Crippen LogP contribution in [0.15, 0.2) is 24.3 Å². The smallest absolute Gasteiger partial charge is 0.243 e. The molecule has 0 aliphatic carbocycles. The van der Waals surface area contributed by atoms with E-state index < -0.39 is 5.91 Å². The number of primary amides is 2. The van der Waals surface area contributed by atoms with Crippen molar-refractivity contribution in [2.75, 3.05) is 19.8 Å². The monoisotopic (exact) mass is 351 g/mol. The third kappa shape index (κ3) is 11.3. The van der Waals surface area contributed by atoms with Crippen LogP contribution in [0.3, 0.4) is 0 Å². The van der Waals surface area contributed by atoms with Crippen LogP contribution in [0.25, 0.3) is 0 Å². The molecule has 7 heteroatoms. The fraction of sp³-hybridized carbons (Fsp3) is 0.556. The molecule has 0 bridgehead atoms. The quantitative estimate of drug-likeness (QED) is 0.423. The van der Waals surface area contributed by atoms with E-state index in [1.54, 1.807) is 0 Å². The van der Waals surface area contributed by atoms with Crippen LogP contribution in [-0.2, 0) is 32.1 Å². The van der Waals surface area contributed by atoms with Crippen LogP contribution in [-0.4, -0.2) is 37.7 Å². The molecule has 7 nitrogen and oxygen atoms in total. The molecule has 6 N–H and O–H groups in total. The summed E-state index contributed by atoms with van der Waals surface area (Å²) < 4.78 is 10.7. The fourth-order valence-electron chi connectivity index (χ4n) is 2.25. The average molecular weight is 351 g/mol. The first-order valence-corrected chi connectivity index (χ1v) is 8.53. The number of carbonyl (C=O) groups excluding carboxylic acids is 2. The maximum atomic E-state index is 10.7. The van der Waals surface area contributed by atoms with E-state index in [1.165, 1.54) is 5.56 Å². The van der Waals surface area contributed by atoms with E-state index in [1.807, 2.05) is 12.1 Å². The Hall–Kier alpha value is -1.96. The van der Waals surface area contributed by atoms with Gasteiger partial charge in [0, 0.05) is 19.1 Å². The normalized spacial score (nSPS) is 12.0. The number of rotatable bonds is 14. The van der Waals surface area contributed by atoms with Gasteiger partial charge in [0.15, 0.2) is 0 Å². The second kappa shape index (κ2) is 12.4. The van der Waals surface area contributed by atoms with Crippen molar-refractivity contribution in [1.29, 1.82) is 0 Å². The number of carbonyl (C=O) groups is 2. The van der Waals surface area contributed by atoms with Crippen LogP contribution in [0.2, 0.25) is 0 Å². The van der Waals surface area contributed by atoms with Gasteiger partial charge in [-0.2, -0.15) is 0 Å². The second-order valence-electron chi connectivity index (χ2n) is 6.07. The van der Waals surface area contributed by atoms with Gasteiger partial charge in [0.1, 0.15) is 6.61 Å². The second-order valence-corrected chi connectivity index (χ2v) is 6.07. The van der Waals surface area contributed by atoms with Crippen molar-refractivity contribution in [3.63, 3.8) is 0 Å². The first kappa shape index (κ1) is 21.1. The minimum Gasteiger partial charge on any atom is -0.375 e. The number of aryl methyl sites for hydroxylation is 1. The molecule has 1 aromatic rings. The van der Waals surface area contributed by atoms with Crippen molar-refractivity contribution < 1.29 is 19.1 Å². The molecule has 25 heavy (non-hydrogen) atoms. The summed E-state index contributed by atoms with van der Waals surface area (Å²) in [6.45, 7) is 1.43. The van der Waals surface area contributed by atoms with Crippen molar-refractivity contribution in [3.8, 4) is 0 Å². The largest absolute Gasteiger partial charge is 0.375 e. The van der Waals surface area contributed by atoms with Crippen LogP contribution >= 0.6 is 0 Å². The van der Waals surface area contributed by atoms with Crippen LogP contribution in [0.1, 0.15) is 36.8 Å². The fourth-order valence-corrected chi connectivity index (χ4v) is 2.25. The van der Waals surface area contributed by atoms with E-state index in [0.29, 0.717) is 26.2 Å². The van der Waals surface area contributed by atoms with E-state index in [9.17, 15) is 9.59 Å². The lowest BCUT2D eigenvalue weighted by atomic mass is 10.1. The molecule has 0 aliphatic heterocycles. The molecule has 140 valence electrons. The van der Waals surface area contributed by atoms with Crippen molar-refractivity contribution in [3.05, 3.63) is 35.4 Å². The number of unbranched alkanes of at least 4 members (excludes halogenated alkanes) is 1. The van der Waals surface area contributed by atoms with Crippen LogP contribution in [0.4, 0.5) is 0 Å². The molecular weight excluding hydrogens is 322 g/mol. The van der Waals surface area contributed by atoms with Crippen LogP contribution < -0.4 is 17.2 Å². The minimum absolute atomic E-state index is 0.0130. The highest BCUT2D eigenvalue weighted by molar-refractivity contribution is 5.75. The topological polar surface area (TPSA) is 131 Å². The van der Waals surface area contributed by atoms with Gasteiger partial charge in [-0.1, -0.05) is 24.3 Å². The molecule has 1 rings (SSSR count). The van der Waals surface area contributed by atoms with Gasteiger partial charge >= 0.3 is 0 Å². The third-order valence-electron chi connectivity index (χ3n) is 3.63. The lowest BCUT2D eigenvalue weighted by Gasteiger charge is -2.11. The van der Waals surface area contributed by atoms with Gasteiger partial charge in [0.2, 0.25) is 11.8 Å². The summed E-state index contributed by atoms with van der Waals surface area (Å²) in [5, 5.41) is 0. The Labute approximate surface area is 148 Å². The van der Waals surface area contributed by atoms with Gasteiger partial charge in [-0.25, -0.2) is 0 Å². The van der Waals surface area contributed by atoms with Gasteiger partial charge in [-0.05, 0) is 36.8 Å². The standard InChI is InChI=1S/C18H29N3O4/c19-16(8-9-17(20)22)12-25-11-15-6-4-14(5-7-15)3-1-2-10-24-13-18(21)23/h4-7,16H,1-3,8-13,19H2,(H2,20,22)(H2,21,23). The highest BCUT2D eigenvalue weighted by Crippen LogP contribution is 2.09. The molecule has 0 radical (unpaired) electrons. The maximum Gasteiger partial charge on any atom is 0.243 e. The number of ether oxygens (including phenoxy) is 2. The molecule has 0 aliphatic rings. The molecule has 0 heterocycles. The highest BCUT2D eigenvalue weighted by atomic mass is 16.5. The number of hydrogen-bond donors (Lipinski definition) is 3. The molecular formula is C18H29N3O4. The van der Waals surface area contributed by atoms with Crippen LogP contribution in [0.5, 0.6) is 0 Å². The lowest BCUT2D eigenvalue weighted by molar-refractivity contribution is -0.122. The van der Waals surface area contributed by atoms with E-state index in [4.69, 9.17) is 26.7 Å². The third-order valence-corrected chi connectivity index (χ3v) is 3.63. The Morgan fingerprint density at radius 3 is 2.28 bits per heavy atom. The molecule has 1 unspecified atom stereocenters. The average Bonchev–Trinajstić information content (AvgIpc) is 2.57. The molecule has 0 fully saturated rings. The predicted molar refractivity (Wildman–Crippen MR) is 95.5 cm³/mol. The molecule has 1 atom stereocenters. The molecule has 0 spiro atoms. The molecule has 2 amide bonds. The SMILES string of the molecule is NC(=O)CCC(N)COCc1ccc(CCCCOCC(N)=O)cc1. The van der Waals surface area contributed by atoms with Gasteiger partial charge in [0.05, 0.1) is 13.2 Å². The van der Waals surface area contributed by atoms with E-state index in [-0.39, 0.29) is 25.0 Å². The molecule has 0 saturated carbocycles. The zero-order valence-corrected chi connectivity index (χ0v) is 14.6. The summed E-state index contributed by atoms with van der Waals surface area (Å²) in [5.74, 6) is -0.780. The van der Waals surface area contributed by atoms with Crippen molar-refractivity contribution in [2.45, 2.75) is 44.8 Å². The zero-order valence-electron chi connectivity index (χ0n) is 14.6. The Bertz CT molecular complexity index is 520. The summed E-state index contributed by atoms with van der Waals surface area (Å²) in [6, 6.07) is 8.05. The van der Waals surface area contributed by atoms with E-state index >= 15 is 0 Å². The highest BCUT2D eigenvalue weighted by Gasteiger charge is 2.05. The Morgan fingerprint density at radius 1 is 0.960 bits per heavy atom. The van der Waals surface area contributed by atoms with E-state index in [0.717, 1.165) is 24.8 Å².